The number of benzene rings is 2. The molecule has 0 bridgehead atoms. The summed E-state index contributed by atoms with van der Waals surface area (Å²) in [5.41, 5.74) is 3.24. The first kappa shape index (κ1) is 18.2. The third kappa shape index (κ3) is 4.13. The summed E-state index contributed by atoms with van der Waals surface area (Å²) in [6.07, 6.45) is 4.27. The molecule has 2 aromatic rings. The lowest BCUT2D eigenvalue weighted by atomic mass is 9.90. The fourth-order valence-electron chi connectivity index (χ4n) is 3.59. The molecule has 0 aromatic heterocycles. The highest BCUT2D eigenvalue weighted by Crippen LogP contribution is 2.27. The van der Waals surface area contributed by atoms with Gasteiger partial charge in [0, 0.05) is 22.6 Å². The predicted octanol–water partition coefficient (Wildman–Crippen LogP) is 4.73. The maximum absolute atomic E-state index is 10.1. The van der Waals surface area contributed by atoms with E-state index in [1.54, 1.807) is 12.1 Å². The molecule has 0 radical (unpaired) electrons. The smallest absolute Gasteiger partial charge is 0.124 e. The molecule has 0 heterocycles. The van der Waals surface area contributed by atoms with Crippen molar-refractivity contribution in [3.05, 3.63) is 59.7 Å². The molecule has 1 aliphatic carbocycles. The van der Waals surface area contributed by atoms with E-state index in [-0.39, 0.29) is 23.6 Å². The first-order valence-corrected chi connectivity index (χ1v) is 9.22. The van der Waals surface area contributed by atoms with Crippen molar-refractivity contribution >= 4 is 11.4 Å². The Kier molecular flexibility index (Phi) is 5.71. The van der Waals surface area contributed by atoms with Crippen LogP contribution in [0.2, 0.25) is 0 Å². The van der Waals surface area contributed by atoms with Gasteiger partial charge in [-0.05, 0) is 51.0 Å². The van der Waals surface area contributed by atoms with Gasteiger partial charge in [-0.15, -0.1) is 0 Å². The minimum absolute atomic E-state index is 0.101. The van der Waals surface area contributed by atoms with E-state index in [2.05, 4.69) is 0 Å². The second-order valence-electron chi connectivity index (χ2n) is 6.88. The first-order chi connectivity index (χ1) is 12.6. The average Bonchev–Trinajstić information content (AvgIpc) is 2.64. The van der Waals surface area contributed by atoms with Crippen molar-refractivity contribution < 1.29 is 10.2 Å². The van der Waals surface area contributed by atoms with E-state index in [1.165, 1.54) is 0 Å². The molecule has 0 saturated heterocycles. The fourth-order valence-corrected chi connectivity index (χ4v) is 3.59. The molecule has 2 aromatic carbocycles. The molecule has 4 heteroatoms. The van der Waals surface area contributed by atoms with Crippen LogP contribution in [0.1, 0.15) is 50.7 Å². The van der Waals surface area contributed by atoms with Crippen molar-refractivity contribution in [2.24, 2.45) is 9.98 Å². The lowest BCUT2D eigenvalue weighted by Crippen LogP contribution is -2.29. The summed E-state index contributed by atoms with van der Waals surface area (Å²) in [6, 6.07) is 14.8. The molecule has 0 spiro atoms. The van der Waals surface area contributed by atoms with Gasteiger partial charge in [-0.25, -0.2) is 0 Å². The fraction of sp³-hybridized carbons (Fsp3) is 0.364. The van der Waals surface area contributed by atoms with Crippen molar-refractivity contribution in [2.45, 2.75) is 51.6 Å². The van der Waals surface area contributed by atoms with Crippen molar-refractivity contribution in [2.75, 3.05) is 0 Å². The van der Waals surface area contributed by atoms with Gasteiger partial charge in [0.25, 0.3) is 0 Å². The summed E-state index contributed by atoms with van der Waals surface area (Å²) in [7, 11) is 0. The Hall–Kier alpha value is -2.62. The van der Waals surface area contributed by atoms with E-state index >= 15 is 0 Å². The van der Waals surface area contributed by atoms with Crippen LogP contribution in [0.3, 0.4) is 0 Å². The largest absolute Gasteiger partial charge is 0.507 e. The second kappa shape index (κ2) is 8.17. The van der Waals surface area contributed by atoms with Gasteiger partial charge in [-0.3, -0.25) is 9.98 Å². The molecular formula is C22H26N2O2. The Bertz CT molecular complexity index is 757. The van der Waals surface area contributed by atoms with Crippen LogP contribution < -0.4 is 0 Å². The van der Waals surface area contributed by atoms with Gasteiger partial charge in [0.15, 0.2) is 0 Å². The number of nitrogens with zero attached hydrogens (tertiary/aromatic N) is 2. The summed E-state index contributed by atoms with van der Waals surface area (Å²) in [5, 5.41) is 20.1. The number of aromatic hydroxyl groups is 2. The molecular weight excluding hydrogens is 324 g/mol. The number of aliphatic imine (C=N–C) groups is 2. The SMILES string of the molecule is CC(=N[C@@H]1CCCC[C@H]1N=C(C)c1ccccc1O)c1ccccc1O. The Labute approximate surface area is 155 Å². The molecule has 136 valence electrons. The zero-order valence-corrected chi connectivity index (χ0v) is 15.4. The quantitative estimate of drug-likeness (QED) is 0.783. The molecule has 1 saturated carbocycles. The predicted molar refractivity (Wildman–Crippen MR) is 107 cm³/mol. The number of rotatable bonds is 4. The molecule has 1 fully saturated rings. The highest BCUT2D eigenvalue weighted by atomic mass is 16.3. The Balaban J connectivity index is 1.86. The van der Waals surface area contributed by atoms with Crippen LogP contribution in [0.4, 0.5) is 0 Å². The average molecular weight is 350 g/mol. The van der Waals surface area contributed by atoms with Gasteiger partial charge in [0.1, 0.15) is 11.5 Å². The number of hydrogen-bond acceptors (Lipinski definition) is 4. The standard InChI is InChI=1S/C22H26N2O2/c1-15(17-9-3-7-13-21(17)25)23-19-11-5-6-12-20(19)24-16(2)18-10-4-8-14-22(18)26/h3-4,7-10,13-14,19-20,25-26H,5-6,11-12H2,1-2H3/t19-,20-/m1/s1. The van der Waals surface area contributed by atoms with E-state index in [0.717, 1.165) is 48.2 Å². The molecule has 2 atom stereocenters. The van der Waals surface area contributed by atoms with E-state index in [0.29, 0.717) is 0 Å². The molecule has 4 nitrogen and oxygen atoms in total. The van der Waals surface area contributed by atoms with Crippen molar-refractivity contribution in [1.82, 2.24) is 0 Å². The lowest BCUT2D eigenvalue weighted by molar-refractivity contribution is 0.388. The maximum Gasteiger partial charge on any atom is 0.124 e. The number of hydrogen-bond donors (Lipinski definition) is 2. The summed E-state index contributed by atoms with van der Waals surface area (Å²) in [6.45, 7) is 3.89. The third-order valence-corrected chi connectivity index (χ3v) is 5.00. The van der Waals surface area contributed by atoms with Gasteiger partial charge in [0.05, 0.1) is 12.1 Å². The number of phenolic OH excluding ortho intramolecular Hbond substituents is 2. The molecule has 0 aliphatic heterocycles. The van der Waals surface area contributed by atoms with Gasteiger partial charge in [0.2, 0.25) is 0 Å². The normalized spacial score (nSPS) is 21.6. The molecule has 1 aliphatic rings. The van der Waals surface area contributed by atoms with Gasteiger partial charge < -0.3 is 10.2 Å². The van der Waals surface area contributed by atoms with Gasteiger partial charge >= 0.3 is 0 Å². The zero-order valence-electron chi connectivity index (χ0n) is 15.4. The van der Waals surface area contributed by atoms with Crippen LogP contribution in [-0.2, 0) is 0 Å². The molecule has 2 N–H and O–H groups in total. The highest BCUT2D eigenvalue weighted by molar-refractivity contribution is 6.02. The summed E-state index contributed by atoms with van der Waals surface area (Å²) in [4.78, 5) is 9.81. The minimum atomic E-state index is 0.101. The van der Waals surface area contributed by atoms with Crippen LogP contribution in [0, 0.1) is 0 Å². The topological polar surface area (TPSA) is 65.2 Å². The lowest BCUT2D eigenvalue weighted by Gasteiger charge is -2.27. The molecule has 26 heavy (non-hydrogen) atoms. The van der Waals surface area contributed by atoms with Crippen molar-refractivity contribution in [3.8, 4) is 11.5 Å². The van der Waals surface area contributed by atoms with E-state index in [1.807, 2.05) is 50.2 Å². The summed E-state index contributed by atoms with van der Waals surface area (Å²) >= 11 is 0. The molecule has 3 rings (SSSR count). The first-order valence-electron chi connectivity index (χ1n) is 9.22. The Morgan fingerprint density at radius 2 is 1.12 bits per heavy atom. The van der Waals surface area contributed by atoms with Gasteiger partial charge in [-0.1, -0.05) is 37.1 Å². The molecule has 0 unspecified atom stereocenters. The second-order valence-corrected chi connectivity index (χ2v) is 6.88. The van der Waals surface area contributed by atoms with Crippen LogP contribution in [-0.4, -0.2) is 33.7 Å². The Morgan fingerprint density at radius 1 is 0.731 bits per heavy atom. The monoisotopic (exact) mass is 350 g/mol. The van der Waals surface area contributed by atoms with E-state index < -0.39 is 0 Å². The number of phenols is 2. The number of para-hydroxylation sites is 2. The van der Waals surface area contributed by atoms with Crippen LogP contribution in [0.25, 0.3) is 0 Å². The van der Waals surface area contributed by atoms with Crippen LogP contribution in [0.15, 0.2) is 58.5 Å². The summed E-state index contributed by atoms with van der Waals surface area (Å²) in [5.74, 6) is 0.519. The highest BCUT2D eigenvalue weighted by Gasteiger charge is 2.25. The van der Waals surface area contributed by atoms with Crippen molar-refractivity contribution in [3.63, 3.8) is 0 Å². The minimum Gasteiger partial charge on any atom is -0.507 e. The zero-order chi connectivity index (χ0) is 18.5. The third-order valence-electron chi connectivity index (χ3n) is 5.00. The molecule has 0 amide bonds. The Morgan fingerprint density at radius 3 is 1.50 bits per heavy atom. The van der Waals surface area contributed by atoms with E-state index in [4.69, 9.17) is 9.98 Å². The van der Waals surface area contributed by atoms with E-state index in [9.17, 15) is 10.2 Å². The van der Waals surface area contributed by atoms with Crippen molar-refractivity contribution in [1.29, 1.82) is 0 Å². The van der Waals surface area contributed by atoms with Gasteiger partial charge in [-0.2, -0.15) is 0 Å². The summed E-state index contributed by atoms with van der Waals surface area (Å²) < 4.78 is 0. The van der Waals surface area contributed by atoms with Crippen LogP contribution in [0.5, 0.6) is 11.5 Å². The maximum atomic E-state index is 10.1. The van der Waals surface area contributed by atoms with Crippen LogP contribution >= 0.6 is 0 Å².